The van der Waals surface area contributed by atoms with Crippen molar-refractivity contribution >= 4 is 11.3 Å². The Balaban J connectivity index is 2.03. The second-order valence-electron chi connectivity index (χ2n) is 4.72. The van der Waals surface area contributed by atoms with E-state index in [4.69, 9.17) is 0 Å². The van der Waals surface area contributed by atoms with E-state index < -0.39 is 11.6 Å². The monoisotopic (exact) mass is 295 g/mol. The number of benzene rings is 1. The van der Waals surface area contributed by atoms with E-state index in [-0.39, 0.29) is 11.6 Å². The molecule has 1 aromatic carbocycles. The lowest BCUT2D eigenvalue weighted by Crippen LogP contribution is -2.23. The molecule has 0 spiro atoms. The fraction of sp³-hybridized carbons (Fsp3) is 0.375. The van der Waals surface area contributed by atoms with E-state index in [1.54, 1.807) is 11.3 Å². The Bertz CT molecular complexity index is 505. The van der Waals surface area contributed by atoms with Gasteiger partial charge in [0.05, 0.1) is 0 Å². The molecule has 0 aliphatic carbocycles. The first-order valence-corrected chi connectivity index (χ1v) is 7.80. The van der Waals surface area contributed by atoms with E-state index in [1.807, 2.05) is 18.4 Å². The molecule has 0 fully saturated rings. The number of aryl methyl sites for hydroxylation is 1. The quantitative estimate of drug-likeness (QED) is 0.780. The molecular formula is C16H19F2NS. The van der Waals surface area contributed by atoms with Crippen LogP contribution in [0.15, 0.2) is 35.7 Å². The molecule has 20 heavy (non-hydrogen) atoms. The highest BCUT2D eigenvalue weighted by atomic mass is 32.1. The van der Waals surface area contributed by atoms with Crippen LogP contribution in [0.25, 0.3) is 0 Å². The zero-order valence-corrected chi connectivity index (χ0v) is 12.4. The van der Waals surface area contributed by atoms with Crippen LogP contribution in [0, 0.1) is 11.6 Å². The van der Waals surface area contributed by atoms with E-state index in [2.05, 4.69) is 11.4 Å². The highest BCUT2D eigenvalue weighted by Gasteiger charge is 2.18. The maximum absolute atomic E-state index is 13.8. The highest BCUT2D eigenvalue weighted by molar-refractivity contribution is 7.09. The van der Waals surface area contributed by atoms with Gasteiger partial charge in [-0.25, -0.2) is 8.78 Å². The Morgan fingerprint density at radius 2 is 1.90 bits per heavy atom. The molecule has 1 atom stereocenters. The van der Waals surface area contributed by atoms with Gasteiger partial charge in [0.1, 0.15) is 11.6 Å². The molecule has 4 heteroatoms. The summed E-state index contributed by atoms with van der Waals surface area (Å²) in [7, 11) is 0. The van der Waals surface area contributed by atoms with Gasteiger partial charge in [0.15, 0.2) is 0 Å². The first-order chi connectivity index (χ1) is 9.72. The van der Waals surface area contributed by atoms with Crippen LogP contribution >= 0.6 is 11.3 Å². The van der Waals surface area contributed by atoms with Gasteiger partial charge in [-0.15, -0.1) is 11.3 Å². The first-order valence-electron chi connectivity index (χ1n) is 6.92. The van der Waals surface area contributed by atoms with Gasteiger partial charge in [0.2, 0.25) is 0 Å². The van der Waals surface area contributed by atoms with Gasteiger partial charge in [-0.05, 0) is 49.4 Å². The maximum Gasteiger partial charge on any atom is 0.130 e. The normalized spacial score (nSPS) is 12.6. The fourth-order valence-electron chi connectivity index (χ4n) is 2.37. The summed E-state index contributed by atoms with van der Waals surface area (Å²) in [5.41, 5.74) is 0.167. The number of thiophene rings is 1. The van der Waals surface area contributed by atoms with Crippen molar-refractivity contribution in [2.24, 2.45) is 0 Å². The summed E-state index contributed by atoms with van der Waals surface area (Å²) < 4.78 is 27.7. The minimum absolute atomic E-state index is 0.167. The largest absolute Gasteiger partial charge is 0.310 e. The molecule has 0 saturated heterocycles. The molecule has 0 aliphatic heterocycles. The molecular weight excluding hydrogens is 276 g/mol. The van der Waals surface area contributed by atoms with E-state index in [1.165, 1.54) is 23.1 Å². The third-order valence-electron chi connectivity index (χ3n) is 3.29. The number of hydrogen-bond acceptors (Lipinski definition) is 2. The van der Waals surface area contributed by atoms with Crippen molar-refractivity contribution in [3.8, 4) is 0 Å². The zero-order valence-electron chi connectivity index (χ0n) is 11.5. The number of nitrogens with one attached hydrogen (secondary N) is 1. The van der Waals surface area contributed by atoms with Crippen molar-refractivity contribution in [3.63, 3.8) is 0 Å². The average molecular weight is 295 g/mol. The van der Waals surface area contributed by atoms with Crippen LogP contribution in [0.5, 0.6) is 0 Å². The SMILES string of the molecule is CCNC(CCCc1cccs1)c1c(F)cccc1F. The molecule has 0 saturated carbocycles. The molecule has 2 rings (SSSR count). The second-order valence-corrected chi connectivity index (χ2v) is 5.75. The summed E-state index contributed by atoms with van der Waals surface area (Å²) in [6.07, 6.45) is 2.59. The summed E-state index contributed by atoms with van der Waals surface area (Å²) in [5.74, 6) is -0.931. The molecule has 0 radical (unpaired) electrons. The summed E-state index contributed by atoms with van der Waals surface area (Å²) in [6, 6.07) is 7.91. The molecule has 108 valence electrons. The van der Waals surface area contributed by atoms with Gasteiger partial charge in [0, 0.05) is 16.5 Å². The Kier molecular flexibility index (Phi) is 5.68. The van der Waals surface area contributed by atoms with Crippen molar-refractivity contribution in [1.29, 1.82) is 0 Å². The predicted octanol–water partition coefficient (Wildman–Crippen LogP) is 4.70. The maximum atomic E-state index is 13.8. The average Bonchev–Trinajstić information content (AvgIpc) is 2.91. The van der Waals surface area contributed by atoms with Crippen LogP contribution in [0.2, 0.25) is 0 Å². The van der Waals surface area contributed by atoms with Gasteiger partial charge in [-0.3, -0.25) is 0 Å². The molecule has 1 aromatic heterocycles. The number of halogens is 2. The third-order valence-corrected chi connectivity index (χ3v) is 4.23. The van der Waals surface area contributed by atoms with E-state index in [0.717, 1.165) is 19.3 Å². The predicted molar refractivity (Wildman–Crippen MR) is 80.0 cm³/mol. The Morgan fingerprint density at radius 1 is 1.15 bits per heavy atom. The molecule has 1 unspecified atom stereocenters. The van der Waals surface area contributed by atoms with E-state index >= 15 is 0 Å². The summed E-state index contributed by atoms with van der Waals surface area (Å²) >= 11 is 1.72. The highest BCUT2D eigenvalue weighted by Crippen LogP contribution is 2.25. The first kappa shape index (κ1) is 15.1. The summed E-state index contributed by atoms with van der Waals surface area (Å²) in [6.45, 7) is 2.64. The lowest BCUT2D eigenvalue weighted by molar-refractivity contribution is 0.445. The van der Waals surface area contributed by atoms with Crippen molar-refractivity contribution in [2.45, 2.75) is 32.2 Å². The standard InChI is InChI=1S/C16H19F2NS/c1-2-19-15(10-3-6-12-7-5-11-20-12)16-13(17)8-4-9-14(16)18/h4-5,7-9,11,15,19H,2-3,6,10H2,1H3. The van der Waals surface area contributed by atoms with Crippen molar-refractivity contribution < 1.29 is 8.78 Å². The van der Waals surface area contributed by atoms with Gasteiger partial charge < -0.3 is 5.32 Å². The second kappa shape index (κ2) is 7.50. The lowest BCUT2D eigenvalue weighted by atomic mass is 9.99. The van der Waals surface area contributed by atoms with Crippen molar-refractivity contribution in [1.82, 2.24) is 5.32 Å². The molecule has 0 amide bonds. The molecule has 1 N–H and O–H groups in total. The Morgan fingerprint density at radius 3 is 2.50 bits per heavy atom. The number of hydrogen-bond donors (Lipinski definition) is 1. The van der Waals surface area contributed by atoms with Crippen LogP contribution in [-0.2, 0) is 6.42 Å². The zero-order chi connectivity index (χ0) is 14.4. The van der Waals surface area contributed by atoms with Crippen LogP contribution in [0.4, 0.5) is 8.78 Å². The van der Waals surface area contributed by atoms with Gasteiger partial charge >= 0.3 is 0 Å². The minimum Gasteiger partial charge on any atom is -0.310 e. The Labute approximate surface area is 122 Å². The minimum atomic E-state index is -0.466. The van der Waals surface area contributed by atoms with Crippen LogP contribution < -0.4 is 5.32 Å². The van der Waals surface area contributed by atoms with Crippen molar-refractivity contribution in [3.05, 3.63) is 57.8 Å². The van der Waals surface area contributed by atoms with Crippen LogP contribution in [0.1, 0.15) is 36.2 Å². The molecule has 0 bridgehead atoms. The number of rotatable bonds is 7. The topological polar surface area (TPSA) is 12.0 Å². The fourth-order valence-corrected chi connectivity index (χ4v) is 3.12. The van der Waals surface area contributed by atoms with Gasteiger partial charge in [0.25, 0.3) is 0 Å². The van der Waals surface area contributed by atoms with Crippen LogP contribution in [0.3, 0.4) is 0 Å². The summed E-state index contributed by atoms with van der Waals surface area (Å²) in [5, 5.41) is 5.23. The Hall–Kier alpha value is -1.26. The summed E-state index contributed by atoms with van der Waals surface area (Å²) in [4.78, 5) is 1.31. The molecule has 1 heterocycles. The molecule has 1 nitrogen and oxygen atoms in total. The smallest absolute Gasteiger partial charge is 0.130 e. The van der Waals surface area contributed by atoms with Crippen molar-refractivity contribution in [2.75, 3.05) is 6.54 Å². The lowest BCUT2D eigenvalue weighted by Gasteiger charge is -2.19. The molecule has 0 aliphatic rings. The van der Waals surface area contributed by atoms with Gasteiger partial charge in [-0.1, -0.05) is 19.1 Å². The van der Waals surface area contributed by atoms with Gasteiger partial charge in [-0.2, -0.15) is 0 Å². The van der Waals surface area contributed by atoms with Crippen LogP contribution in [-0.4, -0.2) is 6.54 Å². The third kappa shape index (κ3) is 3.87. The molecule has 2 aromatic rings. The van der Waals surface area contributed by atoms with E-state index in [0.29, 0.717) is 6.54 Å². The van der Waals surface area contributed by atoms with E-state index in [9.17, 15) is 8.78 Å².